The van der Waals surface area contributed by atoms with Gasteiger partial charge >= 0.3 is 0 Å². The highest BCUT2D eigenvalue weighted by atomic mass is 35.5. The van der Waals surface area contributed by atoms with Gasteiger partial charge in [0, 0.05) is 21.5 Å². The molecular formula is C18H16Cl2N2O2S2. The van der Waals surface area contributed by atoms with Gasteiger partial charge < -0.3 is 4.90 Å². The van der Waals surface area contributed by atoms with Crippen LogP contribution in [0.2, 0.25) is 10.0 Å². The molecule has 1 fully saturated rings. The van der Waals surface area contributed by atoms with Crippen molar-refractivity contribution in [2.45, 2.75) is 17.8 Å². The van der Waals surface area contributed by atoms with E-state index in [0.717, 1.165) is 16.4 Å². The van der Waals surface area contributed by atoms with Gasteiger partial charge in [0.1, 0.15) is 0 Å². The van der Waals surface area contributed by atoms with Crippen molar-refractivity contribution >= 4 is 55.7 Å². The zero-order valence-corrected chi connectivity index (χ0v) is 16.8. The predicted molar refractivity (Wildman–Crippen MR) is 110 cm³/mol. The van der Waals surface area contributed by atoms with E-state index in [1.165, 1.54) is 0 Å². The Balaban J connectivity index is 1.63. The van der Waals surface area contributed by atoms with Crippen LogP contribution in [0.1, 0.15) is 5.56 Å². The zero-order chi connectivity index (χ0) is 18.3. The number of halogens is 2. The number of sulfone groups is 1. The molecule has 4 nitrogen and oxygen atoms in total. The van der Waals surface area contributed by atoms with Gasteiger partial charge in [-0.15, -0.1) is 0 Å². The number of rotatable bonds is 3. The van der Waals surface area contributed by atoms with E-state index in [2.05, 4.69) is 0 Å². The molecule has 0 bridgehead atoms. The summed E-state index contributed by atoms with van der Waals surface area (Å²) in [5.74, 6) is 0.938. The molecule has 2 aromatic rings. The molecule has 0 N–H and O–H groups in total. The van der Waals surface area contributed by atoms with Crippen LogP contribution >= 0.6 is 35.0 Å². The Morgan fingerprint density at radius 3 is 2.54 bits per heavy atom. The van der Waals surface area contributed by atoms with Gasteiger partial charge in [0.2, 0.25) is 0 Å². The lowest BCUT2D eigenvalue weighted by molar-refractivity contribution is 0.601. The maximum atomic E-state index is 12.1. The maximum Gasteiger partial charge on any atom is 0.164 e. The molecule has 0 spiro atoms. The number of anilines is 1. The first-order chi connectivity index (χ1) is 12.4. The molecule has 0 aromatic heterocycles. The first kappa shape index (κ1) is 18.2. The molecule has 136 valence electrons. The third kappa shape index (κ3) is 3.74. The Hall–Kier alpha value is -1.21. The topological polar surface area (TPSA) is 49.7 Å². The molecule has 2 atom stereocenters. The highest BCUT2D eigenvalue weighted by Gasteiger charge is 2.47. The average Bonchev–Trinajstić information content (AvgIpc) is 3.04. The third-order valence-electron chi connectivity index (χ3n) is 4.45. The molecule has 1 saturated heterocycles. The van der Waals surface area contributed by atoms with Crippen molar-refractivity contribution in [2.24, 2.45) is 4.99 Å². The van der Waals surface area contributed by atoms with Gasteiger partial charge in [-0.1, -0.05) is 53.2 Å². The van der Waals surface area contributed by atoms with Crippen molar-refractivity contribution < 1.29 is 8.42 Å². The molecule has 2 aromatic carbocycles. The van der Waals surface area contributed by atoms with Crippen LogP contribution in [0, 0.1) is 0 Å². The average molecular weight is 427 g/mol. The molecule has 4 rings (SSSR count). The van der Waals surface area contributed by atoms with Crippen LogP contribution in [0.25, 0.3) is 0 Å². The fraction of sp³-hybridized carbons (Fsp3) is 0.278. The van der Waals surface area contributed by atoms with Crippen LogP contribution < -0.4 is 4.90 Å². The molecule has 8 heteroatoms. The standard InChI is InChI=1S/C18H16Cl2N2O2S2/c19-13-4-1-3-12(7-13)9-25-18-21-16-10-26(23,24)11-17(16)22(18)15-6-2-5-14(20)8-15/h1-8,16-17H,9-11H2/t16-,17-/m0/s1. The summed E-state index contributed by atoms with van der Waals surface area (Å²) in [4.78, 5) is 6.75. The molecule has 0 amide bonds. The second kappa shape index (κ2) is 7.08. The van der Waals surface area contributed by atoms with Gasteiger partial charge in [-0.2, -0.15) is 0 Å². The Labute approximate surface area is 167 Å². The fourth-order valence-electron chi connectivity index (χ4n) is 3.34. The highest BCUT2D eigenvalue weighted by molar-refractivity contribution is 8.13. The monoisotopic (exact) mass is 426 g/mol. The van der Waals surface area contributed by atoms with Crippen LogP contribution in [-0.4, -0.2) is 37.2 Å². The number of aliphatic imine (C=N–C) groups is 1. The van der Waals surface area contributed by atoms with Crippen molar-refractivity contribution in [3.63, 3.8) is 0 Å². The van der Waals surface area contributed by atoms with E-state index in [9.17, 15) is 8.42 Å². The van der Waals surface area contributed by atoms with E-state index < -0.39 is 9.84 Å². The van der Waals surface area contributed by atoms with Gasteiger partial charge in [0.05, 0.1) is 23.6 Å². The molecule has 2 aliphatic rings. The third-order valence-corrected chi connectivity index (χ3v) is 7.66. The minimum Gasteiger partial charge on any atom is -0.315 e. The minimum atomic E-state index is -3.06. The van der Waals surface area contributed by atoms with E-state index in [-0.39, 0.29) is 23.6 Å². The molecule has 0 saturated carbocycles. The quantitative estimate of drug-likeness (QED) is 0.734. The lowest BCUT2D eigenvalue weighted by Gasteiger charge is -2.26. The summed E-state index contributed by atoms with van der Waals surface area (Å²) < 4.78 is 24.1. The number of nitrogens with zero attached hydrogens (tertiary/aromatic N) is 2. The number of hydrogen-bond donors (Lipinski definition) is 0. The molecule has 0 unspecified atom stereocenters. The first-order valence-electron chi connectivity index (χ1n) is 8.11. The normalized spacial score (nSPS) is 23.8. The number of thioether (sulfide) groups is 1. The van der Waals surface area contributed by atoms with Gasteiger partial charge in [0.25, 0.3) is 0 Å². The van der Waals surface area contributed by atoms with E-state index in [0.29, 0.717) is 15.8 Å². The van der Waals surface area contributed by atoms with Crippen LogP contribution in [0.15, 0.2) is 53.5 Å². The largest absolute Gasteiger partial charge is 0.315 e. The molecule has 2 aliphatic heterocycles. The highest BCUT2D eigenvalue weighted by Crippen LogP contribution is 2.36. The van der Waals surface area contributed by atoms with E-state index in [4.69, 9.17) is 28.2 Å². The zero-order valence-electron chi connectivity index (χ0n) is 13.7. The molecular weight excluding hydrogens is 411 g/mol. The Kier molecular flexibility index (Phi) is 4.94. The number of hydrogen-bond acceptors (Lipinski definition) is 5. The van der Waals surface area contributed by atoms with Crippen molar-refractivity contribution in [1.82, 2.24) is 0 Å². The summed E-state index contributed by atoms with van der Waals surface area (Å²) in [7, 11) is -3.06. The Morgan fingerprint density at radius 1 is 1.08 bits per heavy atom. The van der Waals surface area contributed by atoms with Crippen LogP contribution in [0.5, 0.6) is 0 Å². The number of benzene rings is 2. The predicted octanol–water partition coefficient (Wildman–Crippen LogP) is 4.27. The summed E-state index contributed by atoms with van der Waals surface area (Å²) in [6.45, 7) is 0. The van der Waals surface area contributed by atoms with E-state index in [1.807, 2.05) is 47.4 Å². The maximum absolute atomic E-state index is 12.1. The fourth-order valence-corrected chi connectivity index (χ4v) is 6.64. The summed E-state index contributed by atoms with van der Waals surface area (Å²) >= 11 is 13.8. The van der Waals surface area contributed by atoms with Gasteiger partial charge in [-0.05, 0) is 35.9 Å². The minimum absolute atomic E-state index is 0.107. The Bertz CT molecular complexity index is 979. The molecule has 2 heterocycles. The number of fused-ring (bicyclic) bond motifs is 1. The van der Waals surface area contributed by atoms with Gasteiger partial charge in [0.15, 0.2) is 15.0 Å². The van der Waals surface area contributed by atoms with Crippen molar-refractivity contribution in [1.29, 1.82) is 0 Å². The summed E-state index contributed by atoms with van der Waals surface area (Å²) in [6.07, 6.45) is 0. The summed E-state index contributed by atoms with van der Waals surface area (Å²) in [5, 5.41) is 2.15. The van der Waals surface area contributed by atoms with Crippen LogP contribution in [0.3, 0.4) is 0 Å². The van der Waals surface area contributed by atoms with Crippen LogP contribution in [0.4, 0.5) is 5.69 Å². The summed E-state index contributed by atoms with van der Waals surface area (Å²) in [5.41, 5.74) is 1.97. The Morgan fingerprint density at radius 2 is 1.81 bits per heavy atom. The molecule has 0 aliphatic carbocycles. The van der Waals surface area contributed by atoms with E-state index >= 15 is 0 Å². The van der Waals surface area contributed by atoms with Crippen molar-refractivity contribution in [2.75, 3.05) is 16.4 Å². The van der Waals surface area contributed by atoms with Crippen molar-refractivity contribution in [3.8, 4) is 0 Å². The summed E-state index contributed by atoms with van der Waals surface area (Å²) in [6, 6.07) is 14.8. The smallest absolute Gasteiger partial charge is 0.164 e. The second-order valence-electron chi connectivity index (χ2n) is 6.39. The molecule has 0 radical (unpaired) electrons. The van der Waals surface area contributed by atoms with Gasteiger partial charge in [-0.25, -0.2) is 8.42 Å². The second-order valence-corrected chi connectivity index (χ2v) is 10.4. The SMILES string of the molecule is O=S1(=O)C[C@@H]2N=C(SCc3cccc(Cl)c3)N(c3cccc(Cl)c3)[C@H]2C1. The van der Waals surface area contributed by atoms with Gasteiger partial charge in [-0.3, -0.25) is 4.99 Å². The van der Waals surface area contributed by atoms with E-state index in [1.54, 1.807) is 17.8 Å². The first-order valence-corrected chi connectivity index (χ1v) is 11.7. The van der Waals surface area contributed by atoms with Crippen molar-refractivity contribution in [3.05, 3.63) is 64.1 Å². The lowest BCUT2D eigenvalue weighted by atomic mass is 10.1. The number of amidine groups is 1. The lowest BCUT2D eigenvalue weighted by Crippen LogP contribution is -2.39. The molecule has 26 heavy (non-hydrogen) atoms. The van der Waals surface area contributed by atoms with Crippen LogP contribution in [-0.2, 0) is 15.6 Å².